The number of fused-ring (bicyclic) bond motifs is 1. The van der Waals surface area contributed by atoms with Crippen LogP contribution in [-0.4, -0.2) is 25.5 Å². The van der Waals surface area contributed by atoms with E-state index in [1.54, 1.807) is 48.5 Å². The van der Waals surface area contributed by atoms with Crippen LogP contribution in [0.4, 0.5) is 5.69 Å². The molecule has 1 aliphatic heterocycles. The third-order valence-electron chi connectivity index (χ3n) is 5.29. The maximum Gasteiger partial charge on any atom is 0.327 e. The lowest BCUT2D eigenvalue weighted by Crippen LogP contribution is -2.42. The van der Waals surface area contributed by atoms with Crippen LogP contribution in [0.1, 0.15) is 18.1 Å². The van der Waals surface area contributed by atoms with E-state index in [4.69, 9.17) is 0 Å². The van der Waals surface area contributed by atoms with Gasteiger partial charge in [0.05, 0.1) is 10.6 Å². The zero-order valence-corrected chi connectivity index (χ0v) is 16.8. The first-order chi connectivity index (χ1) is 13.9. The molecule has 5 nitrogen and oxygen atoms in total. The van der Waals surface area contributed by atoms with E-state index in [-0.39, 0.29) is 11.3 Å². The summed E-state index contributed by atoms with van der Waals surface area (Å²) in [5.41, 5.74) is 4.28. The van der Waals surface area contributed by atoms with Crippen LogP contribution in [0, 0.1) is 0 Å². The van der Waals surface area contributed by atoms with Crippen LogP contribution in [0.25, 0.3) is 11.1 Å². The molecule has 0 aliphatic carbocycles. The summed E-state index contributed by atoms with van der Waals surface area (Å²) in [5.74, 6) is -1.15. The molecule has 3 aromatic carbocycles. The minimum atomic E-state index is -4.01. The second-order valence-corrected chi connectivity index (χ2v) is 8.88. The largest absolute Gasteiger partial charge is 0.480 e. The molecule has 4 rings (SSSR count). The first-order valence-electron chi connectivity index (χ1n) is 9.46. The van der Waals surface area contributed by atoms with Gasteiger partial charge in [-0.05, 0) is 46.9 Å². The number of carboxylic acid groups (broad SMARTS) is 1. The lowest BCUT2D eigenvalue weighted by atomic mass is 10.0. The number of anilines is 1. The Hall–Kier alpha value is -3.12. The second kappa shape index (κ2) is 7.37. The van der Waals surface area contributed by atoms with Gasteiger partial charge in [0.15, 0.2) is 0 Å². The highest BCUT2D eigenvalue weighted by atomic mass is 32.2. The van der Waals surface area contributed by atoms with Gasteiger partial charge in [-0.2, -0.15) is 0 Å². The number of para-hydroxylation sites is 1. The average Bonchev–Trinajstić information content (AvgIpc) is 3.15. The summed E-state index contributed by atoms with van der Waals surface area (Å²) in [6.07, 6.45) is 1.08. The highest BCUT2D eigenvalue weighted by molar-refractivity contribution is 7.93. The molecular weight excluding hydrogens is 386 g/mol. The Morgan fingerprint density at radius 1 is 1.00 bits per heavy atom. The smallest absolute Gasteiger partial charge is 0.327 e. The van der Waals surface area contributed by atoms with Crippen LogP contribution in [-0.2, 0) is 27.7 Å². The van der Waals surface area contributed by atoms with E-state index in [2.05, 4.69) is 19.1 Å². The molecule has 0 fully saturated rings. The van der Waals surface area contributed by atoms with Crippen molar-refractivity contribution in [3.8, 4) is 11.1 Å². The quantitative estimate of drug-likeness (QED) is 0.690. The van der Waals surface area contributed by atoms with Crippen LogP contribution in [0.5, 0.6) is 0 Å². The molecule has 1 aliphatic rings. The van der Waals surface area contributed by atoms with Crippen molar-refractivity contribution in [3.63, 3.8) is 0 Å². The van der Waals surface area contributed by atoms with Gasteiger partial charge in [-0.3, -0.25) is 4.31 Å². The molecule has 1 heterocycles. The number of benzene rings is 3. The lowest BCUT2D eigenvalue weighted by molar-refractivity contribution is -0.138. The Morgan fingerprint density at radius 3 is 2.41 bits per heavy atom. The maximum atomic E-state index is 13.3. The van der Waals surface area contributed by atoms with Gasteiger partial charge in [0.25, 0.3) is 10.0 Å². The van der Waals surface area contributed by atoms with Gasteiger partial charge < -0.3 is 5.11 Å². The van der Waals surface area contributed by atoms with E-state index in [0.717, 1.165) is 27.4 Å². The Balaban J connectivity index is 1.72. The Labute approximate surface area is 170 Å². The number of hydrogen-bond donors (Lipinski definition) is 1. The van der Waals surface area contributed by atoms with Gasteiger partial charge in [-0.1, -0.05) is 61.5 Å². The number of carboxylic acids is 1. The van der Waals surface area contributed by atoms with Gasteiger partial charge in [0, 0.05) is 6.42 Å². The first-order valence-corrected chi connectivity index (χ1v) is 10.9. The highest BCUT2D eigenvalue weighted by Gasteiger charge is 2.42. The summed E-state index contributed by atoms with van der Waals surface area (Å²) in [7, 11) is -4.01. The molecule has 29 heavy (non-hydrogen) atoms. The Kier molecular flexibility index (Phi) is 4.88. The van der Waals surface area contributed by atoms with Gasteiger partial charge in [0.1, 0.15) is 6.04 Å². The molecule has 0 unspecified atom stereocenters. The summed E-state index contributed by atoms with van der Waals surface area (Å²) >= 11 is 0. The lowest BCUT2D eigenvalue weighted by Gasteiger charge is -2.24. The minimum Gasteiger partial charge on any atom is -0.480 e. The third kappa shape index (κ3) is 3.40. The van der Waals surface area contributed by atoms with Crippen molar-refractivity contribution < 1.29 is 18.3 Å². The van der Waals surface area contributed by atoms with Crippen LogP contribution >= 0.6 is 0 Å². The summed E-state index contributed by atoms with van der Waals surface area (Å²) in [5, 5.41) is 9.60. The van der Waals surface area contributed by atoms with Crippen molar-refractivity contribution in [1.82, 2.24) is 0 Å². The fourth-order valence-electron chi connectivity index (χ4n) is 3.75. The minimum absolute atomic E-state index is 0.0795. The van der Waals surface area contributed by atoms with Crippen molar-refractivity contribution >= 4 is 21.7 Å². The SMILES string of the molecule is CCc1cccc(-c2ccc(S(=O)(=O)N3c4ccccc4C[C@H]3C(=O)O)cc2)c1. The highest BCUT2D eigenvalue weighted by Crippen LogP contribution is 2.37. The Bertz CT molecular complexity index is 1170. The van der Waals surface area contributed by atoms with E-state index in [1.807, 2.05) is 12.1 Å². The van der Waals surface area contributed by atoms with E-state index >= 15 is 0 Å². The normalized spacial score (nSPS) is 15.9. The average molecular weight is 407 g/mol. The van der Waals surface area contributed by atoms with Gasteiger partial charge in [0.2, 0.25) is 0 Å². The molecule has 0 bridgehead atoms. The number of rotatable bonds is 5. The van der Waals surface area contributed by atoms with Crippen molar-refractivity contribution in [1.29, 1.82) is 0 Å². The van der Waals surface area contributed by atoms with E-state index in [1.165, 1.54) is 5.56 Å². The Morgan fingerprint density at radius 2 is 1.72 bits per heavy atom. The summed E-state index contributed by atoms with van der Waals surface area (Å²) < 4.78 is 27.7. The van der Waals surface area contributed by atoms with Crippen LogP contribution < -0.4 is 4.31 Å². The number of aliphatic carboxylic acids is 1. The van der Waals surface area contributed by atoms with Crippen LogP contribution in [0.2, 0.25) is 0 Å². The van der Waals surface area contributed by atoms with Crippen molar-refractivity contribution in [3.05, 3.63) is 83.9 Å². The predicted molar refractivity (Wildman–Crippen MR) is 112 cm³/mol. The summed E-state index contributed by atoms with van der Waals surface area (Å²) in [6.45, 7) is 2.08. The zero-order chi connectivity index (χ0) is 20.6. The molecule has 0 saturated carbocycles. The molecular formula is C23H21NO4S. The predicted octanol–water partition coefficient (Wildman–Crippen LogP) is 4.12. The topological polar surface area (TPSA) is 74.7 Å². The van der Waals surface area contributed by atoms with E-state index in [9.17, 15) is 18.3 Å². The fraction of sp³-hybridized carbons (Fsp3) is 0.174. The van der Waals surface area contributed by atoms with Crippen LogP contribution in [0.3, 0.4) is 0 Å². The monoisotopic (exact) mass is 407 g/mol. The molecule has 0 radical (unpaired) electrons. The van der Waals surface area contributed by atoms with Gasteiger partial charge in [-0.15, -0.1) is 0 Å². The number of aryl methyl sites for hydroxylation is 1. The van der Waals surface area contributed by atoms with Crippen LogP contribution in [0.15, 0.2) is 77.7 Å². The van der Waals surface area contributed by atoms with Gasteiger partial charge in [-0.25, -0.2) is 13.2 Å². The van der Waals surface area contributed by atoms with E-state index < -0.39 is 22.0 Å². The standard InChI is InChI=1S/C23H21NO4S/c1-2-16-6-5-8-18(14-16)17-10-12-20(13-11-17)29(27,28)24-21-9-4-3-7-19(21)15-22(24)23(25)26/h3-14,22H,2,15H2,1H3,(H,25,26)/t22-/m0/s1. The van der Waals surface area contributed by atoms with Crippen molar-refractivity contribution in [2.24, 2.45) is 0 Å². The number of hydrogen-bond acceptors (Lipinski definition) is 3. The molecule has 1 N–H and O–H groups in total. The van der Waals surface area contributed by atoms with Gasteiger partial charge >= 0.3 is 5.97 Å². The number of nitrogens with zero attached hydrogens (tertiary/aromatic N) is 1. The molecule has 0 spiro atoms. The molecule has 3 aromatic rings. The molecule has 6 heteroatoms. The first kappa shape index (κ1) is 19.2. The summed E-state index contributed by atoms with van der Waals surface area (Å²) in [6, 6.07) is 20.5. The zero-order valence-electron chi connectivity index (χ0n) is 15.9. The number of carbonyl (C=O) groups is 1. The fourth-order valence-corrected chi connectivity index (χ4v) is 5.39. The molecule has 1 atom stereocenters. The molecule has 0 saturated heterocycles. The maximum absolute atomic E-state index is 13.3. The molecule has 148 valence electrons. The van der Waals surface area contributed by atoms with Crippen molar-refractivity contribution in [2.75, 3.05) is 4.31 Å². The van der Waals surface area contributed by atoms with E-state index in [0.29, 0.717) is 5.69 Å². The molecule has 0 amide bonds. The third-order valence-corrected chi connectivity index (χ3v) is 7.13. The van der Waals surface area contributed by atoms with Crippen molar-refractivity contribution in [2.45, 2.75) is 30.7 Å². The number of sulfonamides is 1. The summed E-state index contributed by atoms with van der Waals surface area (Å²) in [4.78, 5) is 11.8. The molecule has 0 aromatic heterocycles. The second-order valence-electron chi connectivity index (χ2n) is 7.07.